The van der Waals surface area contributed by atoms with Crippen LogP contribution in [0.4, 0.5) is 4.79 Å². The fourth-order valence-corrected chi connectivity index (χ4v) is 2.01. The van der Waals surface area contributed by atoms with E-state index in [4.69, 9.17) is 16.3 Å². The Hall–Kier alpha value is -1.30. The van der Waals surface area contributed by atoms with Crippen molar-refractivity contribution in [2.24, 2.45) is 5.92 Å². The molecule has 0 saturated heterocycles. The lowest BCUT2D eigenvalue weighted by Crippen LogP contribution is -2.41. The third-order valence-electron chi connectivity index (χ3n) is 2.96. The first-order valence-corrected chi connectivity index (χ1v) is 7.82. The van der Waals surface area contributed by atoms with Crippen LogP contribution in [0.25, 0.3) is 0 Å². The molecule has 0 bridgehead atoms. The van der Waals surface area contributed by atoms with Crippen LogP contribution >= 0.6 is 11.6 Å². The van der Waals surface area contributed by atoms with E-state index in [1.54, 1.807) is 12.1 Å². The molecule has 2 atom stereocenters. The molecule has 3 N–H and O–H groups in total. The molecule has 0 fully saturated rings. The van der Waals surface area contributed by atoms with Crippen molar-refractivity contribution in [3.63, 3.8) is 0 Å². The number of hydrogen-bond acceptors (Lipinski definition) is 3. The lowest BCUT2D eigenvalue weighted by atomic mass is 10.1. The molecule has 0 aliphatic carbocycles. The SMILES string of the molecule is CC(C)COCC(O)CNC(=O)NC(C)c1cccc(Cl)c1. The van der Waals surface area contributed by atoms with Crippen molar-refractivity contribution < 1.29 is 14.6 Å². The number of aliphatic hydroxyl groups excluding tert-OH is 1. The van der Waals surface area contributed by atoms with Gasteiger partial charge >= 0.3 is 6.03 Å². The van der Waals surface area contributed by atoms with E-state index >= 15 is 0 Å². The summed E-state index contributed by atoms with van der Waals surface area (Å²) in [5, 5.41) is 15.8. The largest absolute Gasteiger partial charge is 0.389 e. The van der Waals surface area contributed by atoms with Gasteiger partial charge in [0.1, 0.15) is 0 Å². The molecule has 0 radical (unpaired) electrons. The molecule has 0 saturated carbocycles. The third-order valence-corrected chi connectivity index (χ3v) is 3.19. The minimum atomic E-state index is -0.717. The van der Waals surface area contributed by atoms with Crippen LogP contribution in [0.15, 0.2) is 24.3 Å². The van der Waals surface area contributed by atoms with Crippen molar-refractivity contribution in [2.45, 2.75) is 32.9 Å². The number of nitrogens with one attached hydrogen (secondary N) is 2. The van der Waals surface area contributed by atoms with Gasteiger partial charge < -0.3 is 20.5 Å². The highest BCUT2D eigenvalue weighted by atomic mass is 35.5. The number of carbonyl (C=O) groups excluding carboxylic acids is 1. The number of halogens is 1. The van der Waals surface area contributed by atoms with Gasteiger partial charge in [-0.1, -0.05) is 37.6 Å². The highest BCUT2D eigenvalue weighted by Crippen LogP contribution is 2.16. The van der Waals surface area contributed by atoms with Gasteiger partial charge in [0, 0.05) is 18.2 Å². The molecule has 2 amide bonds. The van der Waals surface area contributed by atoms with Crippen molar-refractivity contribution in [3.05, 3.63) is 34.9 Å². The molecule has 1 aromatic rings. The topological polar surface area (TPSA) is 70.6 Å². The van der Waals surface area contributed by atoms with Crippen LogP contribution in [0.2, 0.25) is 5.02 Å². The van der Waals surface area contributed by atoms with E-state index in [0.29, 0.717) is 17.5 Å². The average molecular weight is 329 g/mol. The molecule has 6 heteroatoms. The van der Waals surface area contributed by atoms with Crippen molar-refractivity contribution in [1.82, 2.24) is 10.6 Å². The molecule has 1 aromatic carbocycles. The average Bonchev–Trinajstić information content (AvgIpc) is 2.44. The first-order chi connectivity index (χ1) is 10.4. The molecule has 1 rings (SSSR count). The first-order valence-electron chi connectivity index (χ1n) is 7.44. The summed E-state index contributed by atoms with van der Waals surface area (Å²) in [4.78, 5) is 11.8. The van der Waals surface area contributed by atoms with E-state index in [-0.39, 0.29) is 25.2 Å². The summed E-state index contributed by atoms with van der Waals surface area (Å²) in [5.74, 6) is 0.419. The normalized spacial score (nSPS) is 13.7. The molecule has 0 aromatic heterocycles. The second-order valence-corrected chi connectivity index (χ2v) is 6.15. The zero-order chi connectivity index (χ0) is 16.5. The molecule has 0 aliphatic heterocycles. The molecule has 0 aliphatic rings. The Balaban J connectivity index is 2.28. The monoisotopic (exact) mass is 328 g/mol. The van der Waals surface area contributed by atoms with Crippen LogP contribution in [-0.4, -0.2) is 37.0 Å². The van der Waals surface area contributed by atoms with Crippen molar-refractivity contribution in [1.29, 1.82) is 0 Å². The van der Waals surface area contributed by atoms with Crippen LogP contribution in [-0.2, 0) is 4.74 Å². The van der Waals surface area contributed by atoms with Gasteiger partial charge in [0.05, 0.1) is 18.8 Å². The van der Waals surface area contributed by atoms with Crippen LogP contribution in [0.5, 0.6) is 0 Å². The van der Waals surface area contributed by atoms with Gasteiger partial charge in [0.15, 0.2) is 0 Å². The van der Waals surface area contributed by atoms with Gasteiger partial charge in [-0.15, -0.1) is 0 Å². The number of carbonyl (C=O) groups is 1. The van der Waals surface area contributed by atoms with Crippen molar-refractivity contribution in [3.8, 4) is 0 Å². The minimum Gasteiger partial charge on any atom is -0.389 e. The van der Waals surface area contributed by atoms with Crippen LogP contribution < -0.4 is 10.6 Å². The van der Waals surface area contributed by atoms with Crippen LogP contribution in [0.1, 0.15) is 32.4 Å². The van der Waals surface area contributed by atoms with Gasteiger partial charge in [-0.2, -0.15) is 0 Å². The Labute approximate surface area is 137 Å². The zero-order valence-electron chi connectivity index (χ0n) is 13.3. The fraction of sp³-hybridized carbons (Fsp3) is 0.562. The number of hydrogen-bond donors (Lipinski definition) is 3. The number of benzene rings is 1. The quantitative estimate of drug-likeness (QED) is 0.687. The summed E-state index contributed by atoms with van der Waals surface area (Å²) in [6, 6.07) is 6.81. The summed E-state index contributed by atoms with van der Waals surface area (Å²) < 4.78 is 5.32. The summed E-state index contributed by atoms with van der Waals surface area (Å²) >= 11 is 5.92. The maximum absolute atomic E-state index is 11.8. The third kappa shape index (κ3) is 7.64. The van der Waals surface area contributed by atoms with Gasteiger partial charge in [-0.05, 0) is 30.5 Å². The first kappa shape index (κ1) is 18.7. The van der Waals surface area contributed by atoms with Gasteiger partial charge in [0.2, 0.25) is 0 Å². The standard InChI is InChI=1S/C16H25ClN2O3/c1-11(2)9-22-10-15(20)8-18-16(21)19-12(3)13-5-4-6-14(17)7-13/h4-7,11-12,15,20H,8-10H2,1-3H3,(H2,18,19,21). The van der Waals surface area contributed by atoms with Gasteiger partial charge in [-0.3, -0.25) is 0 Å². The van der Waals surface area contributed by atoms with E-state index in [0.717, 1.165) is 5.56 Å². The molecule has 2 unspecified atom stereocenters. The van der Waals surface area contributed by atoms with Crippen LogP contribution in [0.3, 0.4) is 0 Å². The van der Waals surface area contributed by atoms with Crippen molar-refractivity contribution in [2.75, 3.05) is 19.8 Å². The molecular weight excluding hydrogens is 304 g/mol. The second-order valence-electron chi connectivity index (χ2n) is 5.72. The van der Waals surface area contributed by atoms with E-state index in [1.807, 2.05) is 32.9 Å². The Bertz CT molecular complexity index is 468. The Morgan fingerprint density at radius 1 is 1.32 bits per heavy atom. The molecule has 0 heterocycles. The van der Waals surface area contributed by atoms with Crippen molar-refractivity contribution >= 4 is 17.6 Å². The fourth-order valence-electron chi connectivity index (χ4n) is 1.82. The number of urea groups is 1. The number of ether oxygens (including phenoxy) is 1. The van der Waals surface area contributed by atoms with E-state index in [1.165, 1.54) is 0 Å². The molecular formula is C16H25ClN2O3. The number of rotatable bonds is 8. The number of amides is 2. The predicted molar refractivity (Wildman–Crippen MR) is 88.1 cm³/mol. The summed E-state index contributed by atoms with van der Waals surface area (Å²) in [5.41, 5.74) is 0.920. The second kappa shape index (κ2) is 9.66. The lowest BCUT2D eigenvalue weighted by Gasteiger charge is -2.17. The Kier molecular flexibility index (Phi) is 8.24. The van der Waals surface area contributed by atoms with E-state index in [9.17, 15) is 9.90 Å². The Morgan fingerprint density at radius 2 is 2.05 bits per heavy atom. The summed E-state index contributed by atoms with van der Waals surface area (Å²) in [6.45, 7) is 6.89. The number of aliphatic hydroxyl groups is 1. The van der Waals surface area contributed by atoms with Gasteiger partial charge in [-0.25, -0.2) is 4.79 Å². The van der Waals surface area contributed by atoms with E-state index < -0.39 is 6.10 Å². The highest BCUT2D eigenvalue weighted by molar-refractivity contribution is 6.30. The van der Waals surface area contributed by atoms with E-state index in [2.05, 4.69) is 10.6 Å². The Morgan fingerprint density at radius 3 is 2.68 bits per heavy atom. The predicted octanol–water partition coefficient (Wildman–Crippen LogP) is 2.73. The maximum Gasteiger partial charge on any atom is 0.315 e. The molecule has 5 nitrogen and oxygen atoms in total. The minimum absolute atomic E-state index is 0.145. The highest BCUT2D eigenvalue weighted by Gasteiger charge is 2.11. The summed E-state index contributed by atoms with van der Waals surface area (Å²) in [7, 11) is 0. The maximum atomic E-state index is 11.8. The molecule has 0 spiro atoms. The smallest absolute Gasteiger partial charge is 0.315 e. The molecule has 22 heavy (non-hydrogen) atoms. The zero-order valence-corrected chi connectivity index (χ0v) is 14.1. The van der Waals surface area contributed by atoms with Gasteiger partial charge in [0.25, 0.3) is 0 Å². The summed E-state index contributed by atoms with van der Waals surface area (Å²) in [6.07, 6.45) is -0.717. The molecule has 124 valence electrons. The van der Waals surface area contributed by atoms with Crippen LogP contribution in [0, 0.1) is 5.92 Å². The lowest BCUT2D eigenvalue weighted by molar-refractivity contribution is 0.0272.